The lowest BCUT2D eigenvalue weighted by atomic mass is 10.3. The number of aromatic nitrogens is 2. The van der Waals surface area contributed by atoms with E-state index in [4.69, 9.17) is 21.1 Å². The zero-order valence-electron chi connectivity index (χ0n) is 12.4. The molecule has 5 nitrogen and oxygen atoms in total. The highest BCUT2D eigenvalue weighted by molar-refractivity contribution is 6.16. The van der Waals surface area contributed by atoms with Crippen molar-refractivity contribution in [1.29, 1.82) is 0 Å². The van der Waals surface area contributed by atoms with Crippen molar-refractivity contribution in [3.05, 3.63) is 24.0 Å². The molecule has 1 aromatic heterocycles. The molecule has 0 unspecified atom stereocenters. The highest BCUT2D eigenvalue weighted by Gasteiger charge is 2.20. The number of morpholine rings is 1. The van der Waals surface area contributed by atoms with Crippen LogP contribution in [-0.2, 0) is 10.6 Å². The molecule has 3 rings (SSSR count). The van der Waals surface area contributed by atoms with Crippen molar-refractivity contribution < 1.29 is 9.47 Å². The fourth-order valence-electron chi connectivity index (χ4n) is 2.61. The average molecular weight is 310 g/mol. The van der Waals surface area contributed by atoms with Gasteiger partial charge < -0.3 is 14.5 Å². The van der Waals surface area contributed by atoms with Crippen molar-refractivity contribution >= 4 is 22.6 Å². The minimum Gasteiger partial charge on any atom is -0.489 e. The molecule has 0 atom stereocenters. The number of halogens is 1. The second-order valence-corrected chi connectivity index (χ2v) is 5.60. The third kappa shape index (κ3) is 2.80. The first-order chi connectivity index (χ1) is 10.2. The molecule has 2 aromatic rings. The number of benzene rings is 1. The van der Waals surface area contributed by atoms with E-state index in [1.54, 1.807) is 0 Å². The van der Waals surface area contributed by atoms with Crippen molar-refractivity contribution in [3.8, 4) is 5.75 Å². The molecule has 1 saturated heterocycles. The van der Waals surface area contributed by atoms with Crippen LogP contribution >= 0.6 is 11.6 Å². The molecule has 0 bridgehead atoms. The molecule has 0 N–H and O–H groups in total. The van der Waals surface area contributed by atoms with Gasteiger partial charge in [-0.3, -0.25) is 0 Å². The van der Waals surface area contributed by atoms with Gasteiger partial charge in [0.2, 0.25) is 0 Å². The molecule has 0 spiro atoms. The minimum atomic E-state index is 0.114. The summed E-state index contributed by atoms with van der Waals surface area (Å²) in [5.41, 5.74) is 1.90. The topological polar surface area (TPSA) is 39.5 Å². The summed E-state index contributed by atoms with van der Waals surface area (Å²) in [6.07, 6.45) is 0.114. The van der Waals surface area contributed by atoms with E-state index in [-0.39, 0.29) is 6.10 Å². The highest BCUT2D eigenvalue weighted by Crippen LogP contribution is 2.28. The maximum Gasteiger partial charge on any atom is 0.147 e. The molecule has 0 amide bonds. The Morgan fingerprint density at radius 1 is 1.33 bits per heavy atom. The van der Waals surface area contributed by atoms with E-state index >= 15 is 0 Å². The van der Waals surface area contributed by atoms with Crippen molar-refractivity contribution in [2.75, 3.05) is 31.3 Å². The van der Waals surface area contributed by atoms with Crippen molar-refractivity contribution in [3.63, 3.8) is 0 Å². The average Bonchev–Trinajstić information content (AvgIpc) is 2.87. The number of nitrogens with zero attached hydrogens (tertiary/aromatic N) is 3. The Kier molecular flexibility index (Phi) is 4.22. The summed E-state index contributed by atoms with van der Waals surface area (Å²) in [5, 5.41) is 2.23. The fourth-order valence-corrected chi connectivity index (χ4v) is 2.79. The van der Waals surface area contributed by atoms with Crippen molar-refractivity contribution in [2.24, 2.45) is 0 Å². The van der Waals surface area contributed by atoms with Gasteiger partial charge in [-0.2, -0.15) is 0 Å². The molecule has 1 aliphatic rings. The van der Waals surface area contributed by atoms with Crippen LogP contribution in [0.2, 0.25) is 0 Å². The van der Waals surface area contributed by atoms with Crippen LogP contribution in [-0.4, -0.2) is 42.1 Å². The van der Waals surface area contributed by atoms with E-state index in [1.165, 1.54) is 0 Å². The van der Waals surface area contributed by atoms with Gasteiger partial charge in [0, 0.05) is 0 Å². The molecule has 2 heterocycles. The molecular weight excluding hydrogens is 290 g/mol. The third-order valence-electron chi connectivity index (χ3n) is 3.44. The molecule has 1 aromatic carbocycles. The normalized spacial score (nSPS) is 15.9. The number of ether oxygens (including phenoxy) is 2. The van der Waals surface area contributed by atoms with Gasteiger partial charge in [0.1, 0.15) is 17.1 Å². The van der Waals surface area contributed by atoms with Gasteiger partial charge in [-0.1, -0.05) is 6.07 Å². The molecule has 21 heavy (non-hydrogen) atoms. The van der Waals surface area contributed by atoms with Gasteiger partial charge in [0.25, 0.3) is 0 Å². The van der Waals surface area contributed by atoms with Gasteiger partial charge in [-0.05, 0) is 26.0 Å². The SMILES string of the molecule is CC(C)Oc1cccc2c1nc(CCl)n2N1CCOCC1. The van der Waals surface area contributed by atoms with Crippen LogP contribution in [0.25, 0.3) is 11.0 Å². The van der Waals surface area contributed by atoms with E-state index in [2.05, 4.69) is 20.7 Å². The first kappa shape index (κ1) is 14.5. The van der Waals surface area contributed by atoms with Gasteiger partial charge in [-0.15, -0.1) is 11.6 Å². The zero-order valence-corrected chi connectivity index (χ0v) is 13.1. The van der Waals surface area contributed by atoms with E-state index in [0.717, 1.165) is 48.9 Å². The summed E-state index contributed by atoms with van der Waals surface area (Å²) >= 11 is 6.10. The van der Waals surface area contributed by atoms with Crippen LogP contribution in [0.3, 0.4) is 0 Å². The summed E-state index contributed by atoms with van der Waals surface area (Å²) in [6.45, 7) is 7.16. The second-order valence-electron chi connectivity index (χ2n) is 5.33. The molecule has 6 heteroatoms. The van der Waals surface area contributed by atoms with Crippen LogP contribution in [0.4, 0.5) is 0 Å². The van der Waals surface area contributed by atoms with Gasteiger partial charge in [0.05, 0.1) is 43.8 Å². The van der Waals surface area contributed by atoms with Crippen LogP contribution in [0.1, 0.15) is 19.7 Å². The van der Waals surface area contributed by atoms with E-state index < -0.39 is 0 Å². The van der Waals surface area contributed by atoms with Crippen LogP contribution < -0.4 is 9.75 Å². The Labute approximate surface area is 129 Å². The maximum atomic E-state index is 6.10. The zero-order chi connectivity index (χ0) is 14.8. The van der Waals surface area contributed by atoms with Crippen LogP contribution in [0.15, 0.2) is 18.2 Å². The first-order valence-corrected chi connectivity index (χ1v) is 7.80. The quantitative estimate of drug-likeness (QED) is 0.814. The van der Waals surface area contributed by atoms with Gasteiger partial charge in [-0.25, -0.2) is 9.66 Å². The lowest BCUT2D eigenvalue weighted by Crippen LogP contribution is -2.44. The number of hydrogen-bond donors (Lipinski definition) is 0. The lowest BCUT2D eigenvalue weighted by Gasteiger charge is -2.31. The Morgan fingerprint density at radius 3 is 2.76 bits per heavy atom. The summed E-state index contributed by atoms with van der Waals surface area (Å²) < 4.78 is 13.4. The molecule has 1 fully saturated rings. The predicted molar refractivity (Wildman–Crippen MR) is 83.8 cm³/mol. The molecule has 114 valence electrons. The summed E-state index contributed by atoms with van der Waals surface area (Å²) in [6, 6.07) is 6.01. The Morgan fingerprint density at radius 2 is 2.10 bits per heavy atom. The van der Waals surface area contributed by atoms with Gasteiger partial charge >= 0.3 is 0 Å². The Bertz CT molecular complexity index is 621. The predicted octanol–water partition coefficient (Wildman–Crippen LogP) is 2.53. The monoisotopic (exact) mass is 309 g/mol. The number of alkyl halides is 1. The maximum absolute atomic E-state index is 6.10. The standard InChI is InChI=1S/C15H20ClN3O2/c1-11(2)21-13-5-3-4-12-15(13)17-14(10-16)19(12)18-6-8-20-9-7-18/h3-5,11H,6-10H2,1-2H3. The van der Waals surface area contributed by atoms with Crippen LogP contribution in [0.5, 0.6) is 5.75 Å². The lowest BCUT2D eigenvalue weighted by molar-refractivity contribution is 0.111. The number of hydrogen-bond acceptors (Lipinski definition) is 4. The molecular formula is C15H20ClN3O2. The smallest absolute Gasteiger partial charge is 0.147 e. The van der Waals surface area contributed by atoms with Gasteiger partial charge in [0.15, 0.2) is 0 Å². The first-order valence-electron chi connectivity index (χ1n) is 7.26. The molecule has 0 saturated carbocycles. The number of rotatable bonds is 4. The Balaban J connectivity index is 2.09. The Hall–Kier alpha value is -1.46. The summed E-state index contributed by atoms with van der Waals surface area (Å²) in [4.78, 5) is 4.68. The third-order valence-corrected chi connectivity index (χ3v) is 3.68. The molecule has 1 aliphatic heterocycles. The number of fused-ring (bicyclic) bond motifs is 1. The van der Waals surface area contributed by atoms with E-state index in [9.17, 15) is 0 Å². The largest absolute Gasteiger partial charge is 0.489 e. The van der Waals surface area contributed by atoms with E-state index in [1.807, 2.05) is 26.0 Å². The van der Waals surface area contributed by atoms with Crippen molar-refractivity contribution in [2.45, 2.75) is 25.8 Å². The van der Waals surface area contributed by atoms with Crippen molar-refractivity contribution in [1.82, 2.24) is 9.66 Å². The molecule has 0 radical (unpaired) electrons. The summed E-state index contributed by atoms with van der Waals surface area (Å²) in [7, 11) is 0. The second kappa shape index (κ2) is 6.12. The van der Waals surface area contributed by atoms with E-state index in [0.29, 0.717) is 5.88 Å². The van der Waals surface area contributed by atoms with Crippen LogP contribution in [0, 0.1) is 0 Å². The summed E-state index contributed by atoms with van der Waals surface area (Å²) in [5.74, 6) is 2.02. The minimum absolute atomic E-state index is 0.114. The fraction of sp³-hybridized carbons (Fsp3) is 0.533. The number of para-hydroxylation sites is 1. The molecule has 0 aliphatic carbocycles. The highest BCUT2D eigenvalue weighted by atomic mass is 35.5. The number of imidazole rings is 1.